The van der Waals surface area contributed by atoms with Crippen molar-refractivity contribution in [1.82, 2.24) is 24.1 Å². The molecule has 0 N–H and O–H groups in total. The third kappa shape index (κ3) is 7.46. The van der Waals surface area contributed by atoms with E-state index in [9.17, 15) is 0 Å². The van der Waals surface area contributed by atoms with Crippen molar-refractivity contribution in [1.29, 1.82) is 0 Å². The Morgan fingerprint density at radius 2 is 0.541 bits per heavy atom. The molecule has 346 valence electrons. The third-order valence-electron chi connectivity index (χ3n) is 14.4. The molecule has 0 unspecified atom stereocenters. The van der Waals surface area contributed by atoms with Crippen molar-refractivity contribution in [3.63, 3.8) is 0 Å². The minimum atomic E-state index is 0.584. The number of hydrogen-bond donors (Lipinski definition) is 0. The maximum Gasteiger partial charge on any atom is 0.164 e. The molecule has 3 aromatic heterocycles. The van der Waals surface area contributed by atoms with Gasteiger partial charge in [-0.2, -0.15) is 0 Å². The van der Waals surface area contributed by atoms with E-state index >= 15 is 0 Å². The maximum absolute atomic E-state index is 5.39. The number of aromatic nitrogens is 5. The first-order valence-electron chi connectivity index (χ1n) is 25.1. The van der Waals surface area contributed by atoms with Crippen LogP contribution in [0.15, 0.2) is 273 Å². The van der Waals surface area contributed by atoms with Gasteiger partial charge in [0, 0.05) is 55.0 Å². The lowest BCUT2D eigenvalue weighted by Crippen LogP contribution is -2.04. The number of benzene rings is 11. The quantitative estimate of drug-likeness (QED) is 0.145. The van der Waals surface area contributed by atoms with Gasteiger partial charge in [-0.25, -0.2) is 15.0 Å². The highest BCUT2D eigenvalue weighted by Crippen LogP contribution is 2.45. The molecule has 0 aliphatic rings. The zero-order valence-corrected chi connectivity index (χ0v) is 40.2. The van der Waals surface area contributed by atoms with Gasteiger partial charge in [-0.05, 0) is 75.8 Å². The number of nitrogens with zero attached hydrogens (tertiary/aromatic N) is 5. The van der Waals surface area contributed by atoms with E-state index in [1.54, 1.807) is 0 Å². The Balaban J connectivity index is 1.03. The predicted octanol–water partition coefficient (Wildman–Crippen LogP) is 17.7. The van der Waals surface area contributed by atoms with E-state index < -0.39 is 0 Å². The van der Waals surface area contributed by atoms with Gasteiger partial charge < -0.3 is 9.13 Å². The third-order valence-corrected chi connectivity index (χ3v) is 14.4. The van der Waals surface area contributed by atoms with Crippen molar-refractivity contribution < 1.29 is 0 Å². The highest BCUT2D eigenvalue weighted by molar-refractivity contribution is 6.13. The lowest BCUT2D eigenvalue weighted by Gasteiger charge is -2.21. The summed E-state index contributed by atoms with van der Waals surface area (Å²) in [5, 5.41) is 4.82. The van der Waals surface area contributed by atoms with Crippen LogP contribution in [0.4, 0.5) is 0 Å². The number of para-hydroxylation sites is 3. The Morgan fingerprint density at radius 3 is 0.973 bits per heavy atom. The summed E-state index contributed by atoms with van der Waals surface area (Å²) in [7, 11) is 0. The maximum atomic E-state index is 5.39. The normalized spacial score (nSPS) is 11.5. The molecule has 5 heteroatoms. The molecule has 0 fully saturated rings. The van der Waals surface area contributed by atoms with E-state index in [1.807, 2.05) is 12.1 Å². The van der Waals surface area contributed by atoms with Crippen molar-refractivity contribution in [3.05, 3.63) is 273 Å². The lowest BCUT2D eigenvalue weighted by atomic mass is 9.92. The summed E-state index contributed by atoms with van der Waals surface area (Å²) in [5.41, 5.74) is 18.2. The Bertz CT molecular complexity index is 4160. The van der Waals surface area contributed by atoms with Crippen LogP contribution in [0.2, 0.25) is 0 Å². The number of fused-ring (bicyclic) bond motifs is 6. The molecule has 74 heavy (non-hydrogen) atoms. The van der Waals surface area contributed by atoms with Crippen LogP contribution in [0.25, 0.3) is 134 Å². The molecule has 0 spiro atoms. The van der Waals surface area contributed by atoms with Gasteiger partial charge in [-0.15, -0.1) is 0 Å². The summed E-state index contributed by atoms with van der Waals surface area (Å²) in [6, 6.07) is 97.2. The van der Waals surface area contributed by atoms with Crippen LogP contribution in [0, 0.1) is 0 Å². The standard InChI is InChI=1S/C69H45N5/c1-5-19-46(20-6-1)48-33-37-52(38-34-48)67-70-68(53-39-35-49(36-40-53)47-21-7-2-8-22-47)72-69(71-67)54-43-60(50-23-9-3-10-24-50)66(61(44-54)51-25-11-4-12-26-51)74-64-32-18-15-29-58(64)59-42-41-55(45-65(59)74)73-62-30-16-13-27-56(62)57-28-14-17-31-63(57)73/h1-45H. The van der Waals surface area contributed by atoms with Crippen LogP contribution >= 0.6 is 0 Å². The first-order chi connectivity index (χ1) is 36.7. The number of rotatable bonds is 9. The monoisotopic (exact) mass is 943 g/mol. The molecule has 0 amide bonds. The van der Waals surface area contributed by atoms with E-state index in [-0.39, 0.29) is 0 Å². The second-order valence-electron chi connectivity index (χ2n) is 18.8. The van der Waals surface area contributed by atoms with Crippen molar-refractivity contribution >= 4 is 43.6 Å². The average molecular weight is 944 g/mol. The topological polar surface area (TPSA) is 48.5 Å². The summed E-state index contributed by atoms with van der Waals surface area (Å²) >= 11 is 0. The van der Waals surface area contributed by atoms with Gasteiger partial charge >= 0.3 is 0 Å². The first kappa shape index (κ1) is 42.9. The molecular weight excluding hydrogens is 899 g/mol. The van der Waals surface area contributed by atoms with Crippen LogP contribution in [0.3, 0.4) is 0 Å². The van der Waals surface area contributed by atoms with Crippen LogP contribution in [-0.4, -0.2) is 24.1 Å². The summed E-state index contributed by atoms with van der Waals surface area (Å²) in [6.07, 6.45) is 0. The van der Waals surface area contributed by atoms with Crippen LogP contribution in [0.5, 0.6) is 0 Å². The van der Waals surface area contributed by atoms with E-state index in [0.717, 1.165) is 83.6 Å². The molecule has 0 bridgehead atoms. The summed E-state index contributed by atoms with van der Waals surface area (Å²) < 4.78 is 4.90. The number of hydrogen-bond acceptors (Lipinski definition) is 3. The van der Waals surface area contributed by atoms with Crippen LogP contribution in [0.1, 0.15) is 0 Å². The van der Waals surface area contributed by atoms with E-state index in [0.29, 0.717) is 17.5 Å². The molecule has 0 radical (unpaired) electrons. The van der Waals surface area contributed by atoms with Gasteiger partial charge in [0.1, 0.15) is 0 Å². The van der Waals surface area contributed by atoms with Gasteiger partial charge in [-0.3, -0.25) is 0 Å². The summed E-state index contributed by atoms with van der Waals surface area (Å²) in [4.78, 5) is 16.0. The minimum absolute atomic E-state index is 0.584. The molecule has 0 saturated carbocycles. The van der Waals surface area contributed by atoms with Crippen molar-refractivity contribution in [2.24, 2.45) is 0 Å². The SMILES string of the molecule is c1ccc(-c2ccc(-c3nc(-c4ccc(-c5ccccc5)cc4)nc(-c4cc(-c5ccccc5)c(-n5c6ccccc6c6ccc(-n7c8ccccc8c8ccccc87)cc65)c(-c5ccccc5)c4)n3)cc2)cc1. The first-order valence-corrected chi connectivity index (χ1v) is 25.1. The summed E-state index contributed by atoms with van der Waals surface area (Å²) in [5.74, 6) is 1.78. The largest absolute Gasteiger partial charge is 0.309 e. The fourth-order valence-electron chi connectivity index (χ4n) is 10.9. The Labute approximate surface area is 428 Å². The Morgan fingerprint density at radius 1 is 0.216 bits per heavy atom. The fraction of sp³-hybridized carbons (Fsp3) is 0. The van der Waals surface area contributed by atoms with Crippen molar-refractivity contribution in [3.8, 4) is 90.0 Å². The smallest absolute Gasteiger partial charge is 0.164 e. The molecule has 3 heterocycles. The van der Waals surface area contributed by atoms with Gasteiger partial charge in [0.05, 0.1) is 27.8 Å². The van der Waals surface area contributed by atoms with Crippen molar-refractivity contribution in [2.75, 3.05) is 0 Å². The molecule has 0 aliphatic carbocycles. The highest BCUT2D eigenvalue weighted by atomic mass is 15.0. The molecular formula is C69H45N5. The zero-order chi connectivity index (χ0) is 49.0. The molecule has 11 aromatic carbocycles. The van der Waals surface area contributed by atoms with Gasteiger partial charge in [-0.1, -0.05) is 231 Å². The van der Waals surface area contributed by atoms with Gasteiger partial charge in [0.25, 0.3) is 0 Å². The van der Waals surface area contributed by atoms with E-state index in [1.165, 1.54) is 32.6 Å². The van der Waals surface area contributed by atoms with Gasteiger partial charge in [0.15, 0.2) is 17.5 Å². The van der Waals surface area contributed by atoms with Crippen LogP contribution < -0.4 is 0 Å². The molecule has 5 nitrogen and oxygen atoms in total. The van der Waals surface area contributed by atoms with E-state index in [2.05, 4.69) is 270 Å². The molecule has 14 rings (SSSR count). The zero-order valence-electron chi connectivity index (χ0n) is 40.2. The summed E-state index contributed by atoms with van der Waals surface area (Å²) in [6.45, 7) is 0. The fourth-order valence-corrected chi connectivity index (χ4v) is 10.9. The lowest BCUT2D eigenvalue weighted by molar-refractivity contribution is 1.07. The average Bonchev–Trinajstić information content (AvgIpc) is 4.00. The molecule has 14 aromatic rings. The van der Waals surface area contributed by atoms with Crippen LogP contribution in [-0.2, 0) is 0 Å². The molecule has 0 aliphatic heterocycles. The second kappa shape index (κ2) is 18.0. The van der Waals surface area contributed by atoms with Crippen molar-refractivity contribution in [2.45, 2.75) is 0 Å². The van der Waals surface area contributed by atoms with E-state index in [4.69, 9.17) is 15.0 Å². The molecule has 0 atom stereocenters. The minimum Gasteiger partial charge on any atom is -0.309 e. The second-order valence-corrected chi connectivity index (χ2v) is 18.8. The molecule has 0 saturated heterocycles. The van der Waals surface area contributed by atoms with Gasteiger partial charge in [0.2, 0.25) is 0 Å². The highest BCUT2D eigenvalue weighted by Gasteiger charge is 2.24. The Kier molecular flexibility index (Phi) is 10.4. The Hall–Kier alpha value is -9.97. The predicted molar refractivity (Wildman–Crippen MR) is 307 cm³/mol.